The Morgan fingerprint density at radius 2 is 1.75 bits per heavy atom. The molecule has 0 bridgehead atoms. The van der Waals surface area contributed by atoms with Crippen molar-refractivity contribution in [1.82, 2.24) is 29.7 Å². The lowest BCUT2D eigenvalue weighted by molar-refractivity contribution is 0.0900. The summed E-state index contributed by atoms with van der Waals surface area (Å²) in [4.78, 5) is 21.7. The lowest BCUT2D eigenvalue weighted by Crippen LogP contribution is -2.47. The monoisotopic (exact) mass is 432 g/mol. The molecule has 2 aromatic carbocycles. The number of methoxy groups -OCH3 is 1. The molecule has 0 N–H and O–H groups in total. The third-order valence-electron chi connectivity index (χ3n) is 5.74. The second kappa shape index (κ2) is 8.89. The summed E-state index contributed by atoms with van der Waals surface area (Å²) in [5.74, 6) is 1.95. The maximum absolute atomic E-state index is 12.7. The zero-order valence-electron chi connectivity index (χ0n) is 17.8. The lowest BCUT2D eigenvalue weighted by Gasteiger charge is -2.33. The van der Waals surface area contributed by atoms with Crippen LogP contribution in [0.25, 0.3) is 22.2 Å². The van der Waals surface area contributed by atoms with Gasteiger partial charge < -0.3 is 9.26 Å². The zero-order valence-corrected chi connectivity index (χ0v) is 17.8. The molecular weight excluding hydrogens is 408 g/mol. The van der Waals surface area contributed by atoms with Gasteiger partial charge in [0.15, 0.2) is 0 Å². The summed E-state index contributed by atoms with van der Waals surface area (Å²) < 4.78 is 12.2. The van der Waals surface area contributed by atoms with Gasteiger partial charge in [-0.15, -0.1) is 0 Å². The third-order valence-corrected chi connectivity index (χ3v) is 5.74. The SMILES string of the molecule is COc1ccc(-c2noc(CN3CCN(Cn4ncc5ccccc5c4=O)CC3)n2)cc1. The van der Waals surface area contributed by atoms with Crippen LogP contribution in [-0.4, -0.2) is 63.0 Å². The second-order valence-electron chi connectivity index (χ2n) is 7.81. The van der Waals surface area contributed by atoms with E-state index in [1.807, 2.05) is 48.5 Å². The number of nitrogens with zero attached hydrogens (tertiary/aromatic N) is 6. The predicted octanol–water partition coefficient (Wildman–Crippen LogP) is 2.23. The number of piperazine rings is 1. The van der Waals surface area contributed by atoms with Crippen LogP contribution in [0.1, 0.15) is 5.89 Å². The van der Waals surface area contributed by atoms with Gasteiger partial charge >= 0.3 is 0 Å². The molecule has 1 fully saturated rings. The number of fused-ring (bicyclic) bond motifs is 1. The van der Waals surface area contributed by atoms with E-state index in [0.29, 0.717) is 30.3 Å². The molecule has 0 radical (unpaired) electrons. The largest absolute Gasteiger partial charge is 0.497 e. The van der Waals surface area contributed by atoms with Gasteiger partial charge in [0.2, 0.25) is 11.7 Å². The van der Waals surface area contributed by atoms with Gasteiger partial charge in [0.1, 0.15) is 5.75 Å². The summed E-state index contributed by atoms with van der Waals surface area (Å²) in [7, 11) is 1.64. The van der Waals surface area contributed by atoms with Crippen LogP contribution < -0.4 is 10.3 Å². The van der Waals surface area contributed by atoms with Crippen molar-refractivity contribution < 1.29 is 9.26 Å². The quantitative estimate of drug-likeness (QED) is 0.458. The van der Waals surface area contributed by atoms with E-state index < -0.39 is 0 Å². The molecule has 32 heavy (non-hydrogen) atoms. The van der Waals surface area contributed by atoms with Crippen LogP contribution >= 0.6 is 0 Å². The number of hydrogen-bond donors (Lipinski definition) is 0. The second-order valence-corrected chi connectivity index (χ2v) is 7.81. The predicted molar refractivity (Wildman–Crippen MR) is 119 cm³/mol. The Morgan fingerprint density at radius 3 is 2.53 bits per heavy atom. The van der Waals surface area contributed by atoms with Crippen molar-refractivity contribution in [3.8, 4) is 17.1 Å². The highest BCUT2D eigenvalue weighted by Gasteiger charge is 2.20. The zero-order chi connectivity index (χ0) is 21.9. The molecule has 164 valence electrons. The Morgan fingerprint density at radius 1 is 1.00 bits per heavy atom. The summed E-state index contributed by atoms with van der Waals surface area (Å²) in [5, 5.41) is 10.0. The van der Waals surface area contributed by atoms with Gasteiger partial charge in [-0.3, -0.25) is 14.6 Å². The van der Waals surface area contributed by atoms with Crippen molar-refractivity contribution in [3.63, 3.8) is 0 Å². The average Bonchev–Trinajstić information content (AvgIpc) is 3.31. The first-order valence-electron chi connectivity index (χ1n) is 10.6. The van der Waals surface area contributed by atoms with Crippen LogP contribution in [0.2, 0.25) is 0 Å². The normalized spacial score (nSPS) is 15.3. The van der Waals surface area contributed by atoms with Crippen molar-refractivity contribution >= 4 is 10.8 Å². The minimum Gasteiger partial charge on any atom is -0.497 e. The minimum atomic E-state index is -0.0533. The van der Waals surface area contributed by atoms with Crippen molar-refractivity contribution in [2.75, 3.05) is 33.3 Å². The maximum Gasteiger partial charge on any atom is 0.275 e. The van der Waals surface area contributed by atoms with Crippen molar-refractivity contribution in [3.05, 3.63) is 71.0 Å². The molecule has 0 spiro atoms. The van der Waals surface area contributed by atoms with Crippen molar-refractivity contribution in [1.29, 1.82) is 0 Å². The first-order valence-corrected chi connectivity index (χ1v) is 10.6. The topological polar surface area (TPSA) is 89.5 Å². The summed E-state index contributed by atoms with van der Waals surface area (Å²) in [6.45, 7) is 4.46. The van der Waals surface area contributed by atoms with Gasteiger partial charge in [0.25, 0.3) is 5.56 Å². The molecule has 0 saturated carbocycles. The van der Waals surface area contributed by atoms with E-state index in [1.165, 1.54) is 4.68 Å². The molecule has 4 aromatic rings. The van der Waals surface area contributed by atoms with Gasteiger partial charge in [0, 0.05) is 37.1 Å². The number of rotatable bonds is 6. The fraction of sp³-hybridized carbons (Fsp3) is 0.304. The van der Waals surface area contributed by atoms with Gasteiger partial charge in [-0.05, 0) is 30.3 Å². The molecule has 1 aliphatic rings. The highest BCUT2D eigenvalue weighted by Crippen LogP contribution is 2.20. The molecule has 0 amide bonds. The molecule has 0 aliphatic carbocycles. The molecule has 0 atom stereocenters. The minimum absolute atomic E-state index is 0.0533. The fourth-order valence-corrected chi connectivity index (χ4v) is 3.87. The summed E-state index contributed by atoms with van der Waals surface area (Å²) in [6.07, 6.45) is 1.75. The van der Waals surface area contributed by atoms with Crippen molar-refractivity contribution in [2.45, 2.75) is 13.2 Å². The number of benzene rings is 2. The van der Waals surface area contributed by atoms with Gasteiger partial charge in [-0.1, -0.05) is 23.4 Å². The van der Waals surface area contributed by atoms with Crippen LogP contribution in [0.15, 0.2) is 64.0 Å². The Hall–Kier alpha value is -3.56. The van der Waals surface area contributed by atoms with Crippen molar-refractivity contribution in [2.24, 2.45) is 0 Å². The smallest absolute Gasteiger partial charge is 0.275 e. The summed E-state index contributed by atoms with van der Waals surface area (Å²) in [6, 6.07) is 15.1. The lowest BCUT2D eigenvalue weighted by atomic mass is 10.2. The Bertz CT molecular complexity index is 1260. The van der Waals surface area contributed by atoms with Crippen LogP contribution in [0.5, 0.6) is 5.75 Å². The highest BCUT2D eigenvalue weighted by atomic mass is 16.5. The Kier molecular flexibility index (Phi) is 5.66. The Labute approximate surface area is 184 Å². The molecule has 1 saturated heterocycles. The molecule has 3 heterocycles. The number of ether oxygens (including phenoxy) is 1. The molecular formula is C23H24N6O3. The van der Waals surface area contributed by atoms with Gasteiger partial charge in [-0.2, -0.15) is 10.1 Å². The molecule has 1 aliphatic heterocycles. The Balaban J connectivity index is 1.17. The van der Waals surface area contributed by atoms with Crippen LogP contribution in [0.4, 0.5) is 0 Å². The van der Waals surface area contributed by atoms with Gasteiger partial charge in [0.05, 0.1) is 31.9 Å². The molecule has 9 nitrogen and oxygen atoms in total. The molecule has 2 aromatic heterocycles. The number of aromatic nitrogens is 4. The van der Waals surface area contributed by atoms with Crippen LogP contribution in [0.3, 0.4) is 0 Å². The summed E-state index contributed by atoms with van der Waals surface area (Å²) >= 11 is 0. The fourth-order valence-electron chi connectivity index (χ4n) is 3.87. The van der Waals surface area contributed by atoms with E-state index in [0.717, 1.165) is 42.9 Å². The maximum atomic E-state index is 12.7. The van der Waals surface area contributed by atoms with E-state index in [-0.39, 0.29) is 5.56 Å². The number of hydrogen-bond acceptors (Lipinski definition) is 8. The van der Waals surface area contributed by atoms with Crippen LogP contribution in [0, 0.1) is 0 Å². The standard InChI is InChI=1S/C23H24N6O3/c1-31-19-8-6-17(7-9-19)22-25-21(32-26-22)15-27-10-12-28(13-11-27)16-29-23(30)20-5-3-2-4-18(20)14-24-29/h2-9,14H,10-13,15-16H2,1H3. The van der Waals surface area contributed by atoms with E-state index in [1.54, 1.807) is 13.3 Å². The van der Waals surface area contributed by atoms with Gasteiger partial charge in [-0.25, -0.2) is 4.68 Å². The van der Waals surface area contributed by atoms with E-state index in [4.69, 9.17) is 9.26 Å². The van der Waals surface area contributed by atoms with E-state index in [9.17, 15) is 4.79 Å². The first-order chi connectivity index (χ1) is 15.7. The molecule has 5 rings (SSSR count). The first kappa shape index (κ1) is 20.3. The average molecular weight is 432 g/mol. The van der Waals surface area contributed by atoms with E-state index >= 15 is 0 Å². The van der Waals surface area contributed by atoms with Crippen LogP contribution in [-0.2, 0) is 13.2 Å². The highest BCUT2D eigenvalue weighted by molar-refractivity contribution is 5.80. The third kappa shape index (κ3) is 4.25. The summed E-state index contributed by atoms with van der Waals surface area (Å²) in [5.41, 5.74) is 0.835. The van der Waals surface area contributed by atoms with E-state index in [2.05, 4.69) is 25.0 Å². The molecule has 9 heteroatoms. The molecule has 0 unspecified atom stereocenters.